The molecule has 2 rings (SSSR count). The Kier molecular flexibility index (Phi) is 2.70. The van der Waals surface area contributed by atoms with Crippen LogP contribution >= 0.6 is 11.3 Å². The molecule has 13 heavy (non-hydrogen) atoms. The van der Waals surface area contributed by atoms with E-state index in [1.165, 1.54) is 37.9 Å². The lowest BCUT2D eigenvalue weighted by atomic mass is 9.73. The van der Waals surface area contributed by atoms with Gasteiger partial charge in [-0.2, -0.15) is 11.3 Å². The van der Waals surface area contributed by atoms with E-state index in [2.05, 4.69) is 29.1 Å². The standard InChI is InChI=1S/C11H17NS/c1-2-4-11(8-12-9-11)6-10-3-5-13-7-10/h3,5,7,12H,2,4,6,8-9H2,1H3. The average molecular weight is 195 g/mol. The van der Waals surface area contributed by atoms with Gasteiger partial charge in [-0.05, 0) is 40.6 Å². The molecule has 0 saturated carbocycles. The molecule has 1 fully saturated rings. The Morgan fingerprint density at radius 1 is 1.54 bits per heavy atom. The number of rotatable bonds is 4. The number of nitrogens with one attached hydrogen (secondary N) is 1. The first kappa shape index (κ1) is 9.22. The van der Waals surface area contributed by atoms with Crippen molar-refractivity contribution in [2.75, 3.05) is 13.1 Å². The van der Waals surface area contributed by atoms with E-state index < -0.39 is 0 Å². The Morgan fingerprint density at radius 2 is 2.38 bits per heavy atom. The highest BCUT2D eigenvalue weighted by Gasteiger charge is 2.35. The van der Waals surface area contributed by atoms with Crippen LogP contribution in [0.2, 0.25) is 0 Å². The van der Waals surface area contributed by atoms with Crippen LogP contribution in [-0.2, 0) is 6.42 Å². The molecule has 0 aliphatic carbocycles. The maximum Gasteiger partial charge on any atom is 0.00234 e. The molecule has 0 spiro atoms. The van der Waals surface area contributed by atoms with Crippen LogP contribution in [0.5, 0.6) is 0 Å². The molecule has 0 bridgehead atoms. The lowest BCUT2D eigenvalue weighted by molar-refractivity contribution is 0.151. The maximum absolute atomic E-state index is 3.40. The molecular weight excluding hydrogens is 178 g/mol. The van der Waals surface area contributed by atoms with Crippen LogP contribution in [-0.4, -0.2) is 13.1 Å². The van der Waals surface area contributed by atoms with Crippen molar-refractivity contribution in [1.29, 1.82) is 0 Å². The summed E-state index contributed by atoms with van der Waals surface area (Å²) in [5, 5.41) is 7.87. The molecule has 1 N–H and O–H groups in total. The second-order valence-electron chi connectivity index (χ2n) is 4.16. The van der Waals surface area contributed by atoms with E-state index in [4.69, 9.17) is 0 Å². The van der Waals surface area contributed by atoms with E-state index in [1.807, 2.05) is 11.3 Å². The summed E-state index contributed by atoms with van der Waals surface area (Å²) in [5.74, 6) is 0. The number of hydrogen-bond acceptors (Lipinski definition) is 2. The first-order chi connectivity index (χ1) is 6.35. The van der Waals surface area contributed by atoms with E-state index in [9.17, 15) is 0 Å². The van der Waals surface area contributed by atoms with Crippen molar-refractivity contribution in [2.45, 2.75) is 26.2 Å². The molecule has 2 heteroatoms. The second kappa shape index (κ2) is 3.81. The fraction of sp³-hybridized carbons (Fsp3) is 0.636. The van der Waals surface area contributed by atoms with Gasteiger partial charge in [0, 0.05) is 13.1 Å². The molecule has 0 amide bonds. The zero-order chi connectivity index (χ0) is 9.15. The van der Waals surface area contributed by atoms with Crippen molar-refractivity contribution in [3.63, 3.8) is 0 Å². The molecule has 0 unspecified atom stereocenters. The van der Waals surface area contributed by atoms with E-state index in [0.29, 0.717) is 5.41 Å². The largest absolute Gasteiger partial charge is 0.316 e. The van der Waals surface area contributed by atoms with Gasteiger partial charge in [-0.25, -0.2) is 0 Å². The van der Waals surface area contributed by atoms with Crippen molar-refractivity contribution in [3.05, 3.63) is 22.4 Å². The highest BCUT2D eigenvalue weighted by molar-refractivity contribution is 7.07. The second-order valence-corrected chi connectivity index (χ2v) is 4.94. The smallest absolute Gasteiger partial charge is 0.00234 e. The van der Waals surface area contributed by atoms with Crippen LogP contribution in [0.25, 0.3) is 0 Å². The van der Waals surface area contributed by atoms with E-state index >= 15 is 0 Å². The van der Waals surface area contributed by atoms with E-state index in [1.54, 1.807) is 0 Å². The van der Waals surface area contributed by atoms with Gasteiger partial charge in [-0.15, -0.1) is 0 Å². The molecule has 1 aromatic rings. The molecule has 1 aromatic heterocycles. The van der Waals surface area contributed by atoms with E-state index in [0.717, 1.165) is 0 Å². The fourth-order valence-corrected chi connectivity index (χ4v) is 2.89. The summed E-state index contributed by atoms with van der Waals surface area (Å²) in [7, 11) is 0. The zero-order valence-electron chi connectivity index (χ0n) is 8.18. The molecule has 1 aliphatic rings. The van der Waals surface area contributed by atoms with Crippen molar-refractivity contribution in [1.82, 2.24) is 5.32 Å². The van der Waals surface area contributed by atoms with Crippen molar-refractivity contribution in [2.24, 2.45) is 5.41 Å². The lowest BCUT2D eigenvalue weighted by Gasteiger charge is -2.43. The van der Waals surface area contributed by atoms with Crippen molar-refractivity contribution in [3.8, 4) is 0 Å². The van der Waals surface area contributed by atoms with Gasteiger partial charge in [-0.1, -0.05) is 13.3 Å². The molecule has 1 nitrogen and oxygen atoms in total. The molecule has 1 aliphatic heterocycles. The topological polar surface area (TPSA) is 12.0 Å². The summed E-state index contributed by atoms with van der Waals surface area (Å²) in [5.41, 5.74) is 2.12. The summed E-state index contributed by atoms with van der Waals surface area (Å²) >= 11 is 1.81. The third-order valence-electron chi connectivity index (χ3n) is 2.94. The highest BCUT2D eigenvalue weighted by atomic mass is 32.1. The average Bonchev–Trinajstić information content (AvgIpc) is 2.53. The van der Waals surface area contributed by atoms with Gasteiger partial charge in [0.2, 0.25) is 0 Å². The van der Waals surface area contributed by atoms with Crippen LogP contribution in [0.15, 0.2) is 16.8 Å². The van der Waals surface area contributed by atoms with Gasteiger partial charge in [0.25, 0.3) is 0 Å². The first-order valence-corrected chi connectivity index (χ1v) is 6.01. The first-order valence-electron chi connectivity index (χ1n) is 5.06. The Hall–Kier alpha value is -0.340. The Balaban J connectivity index is 1.98. The number of thiophene rings is 1. The third kappa shape index (κ3) is 1.94. The van der Waals surface area contributed by atoms with Gasteiger partial charge in [0.1, 0.15) is 0 Å². The summed E-state index contributed by atoms with van der Waals surface area (Å²) < 4.78 is 0. The molecule has 1 saturated heterocycles. The van der Waals surface area contributed by atoms with Gasteiger partial charge in [0.05, 0.1) is 0 Å². The van der Waals surface area contributed by atoms with Crippen LogP contribution < -0.4 is 5.32 Å². The molecule has 0 aromatic carbocycles. The third-order valence-corrected chi connectivity index (χ3v) is 3.67. The SMILES string of the molecule is CCCC1(Cc2ccsc2)CNC1. The summed E-state index contributed by atoms with van der Waals surface area (Å²) in [4.78, 5) is 0. The van der Waals surface area contributed by atoms with Gasteiger partial charge >= 0.3 is 0 Å². The Morgan fingerprint density at radius 3 is 2.85 bits per heavy atom. The summed E-state index contributed by atoms with van der Waals surface area (Å²) in [6.45, 7) is 4.72. The minimum Gasteiger partial charge on any atom is -0.316 e. The van der Waals surface area contributed by atoms with Gasteiger partial charge in [0.15, 0.2) is 0 Å². The van der Waals surface area contributed by atoms with E-state index in [-0.39, 0.29) is 0 Å². The van der Waals surface area contributed by atoms with Crippen molar-refractivity contribution < 1.29 is 0 Å². The van der Waals surface area contributed by atoms with Crippen molar-refractivity contribution >= 4 is 11.3 Å². The predicted molar refractivity (Wildman–Crippen MR) is 58.2 cm³/mol. The minimum atomic E-state index is 0.593. The summed E-state index contributed by atoms with van der Waals surface area (Å²) in [6.07, 6.45) is 3.96. The highest BCUT2D eigenvalue weighted by Crippen LogP contribution is 2.33. The van der Waals surface area contributed by atoms with Crippen LogP contribution in [0.4, 0.5) is 0 Å². The fourth-order valence-electron chi connectivity index (χ4n) is 2.23. The zero-order valence-corrected chi connectivity index (χ0v) is 8.99. The predicted octanol–water partition coefficient (Wildman–Crippen LogP) is 2.68. The Labute approximate surface area is 84.2 Å². The molecule has 2 heterocycles. The molecule has 72 valence electrons. The minimum absolute atomic E-state index is 0.593. The molecular formula is C11H17NS. The van der Waals surface area contributed by atoms with Gasteiger partial charge < -0.3 is 5.32 Å². The monoisotopic (exact) mass is 195 g/mol. The Bertz CT molecular complexity index is 249. The normalized spacial score (nSPS) is 19.8. The van der Waals surface area contributed by atoms with Gasteiger partial charge in [-0.3, -0.25) is 0 Å². The number of hydrogen-bond donors (Lipinski definition) is 1. The molecule has 0 atom stereocenters. The summed E-state index contributed by atoms with van der Waals surface area (Å²) in [6, 6.07) is 2.26. The lowest BCUT2D eigenvalue weighted by Crippen LogP contribution is -2.54. The van der Waals surface area contributed by atoms with Crippen LogP contribution in [0, 0.1) is 5.41 Å². The van der Waals surface area contributed by atoms with Crippen LogP contribution in [0.3, 0.4) is 0 Å². The maximum atomic E-state index is 3.40. The molecule has 0 radical (unpaired) electrons. The van der Waals surface area contributed by atoms with Crippen LogP contribution in [0.1, 0.15) is 25.3 Å². The quantitative estimate of drug-likeness (QED) is 0.779.